The molecule has 2 amide bonds. The quantitative estimate of drug-likeness (QED) is 0.472. The first-order chi connectivity index (χ1) is 13.9. The van der Waals surface area contributed by atoms with Gasteiger partial charge in [-0.3, -0.25) is 9.59 Å². The van der Waals surface area contributed by atoms with Crippen molar-refractivity contribution in [1.82, 2.24) is 5.43 Å². The van der Waals surface area contributed by atoms with E-state index in [1.54, 1.807) is 24.4 Å². The van der Waals surface area contributed by atoms with Gasteiger partial charge in [-0.15, -0.1) is 0 Å². The Balaban J connectivity index is 1.77. The van der Waals surface area contributed by atoms with Crippen molar-refractivity contribution >= 4 is 41.0 Å². The van der Waals surface area contributed by atoms with Crippen LogP contribution in [-0.2, 0) is 9.59 Å². The predicted octanol–water partition coefficient (Wildman–Crippen LogP) is 4.36. The van der Waals surface area contributed by atoms with Crippen molar-refractivity contribution < 1.29 is 9.59 Å². The number of nitrogens with zero attached hydrogens (tertiary/aromatic N) is 2. The Morgan fingerprint density at radius 1 is 1.03 bits per heavy atom. The number of carbonyl (C=O) groups excluding carboxylic acids is 2. The molecule has 0 unspecified atom stereocenters. The molecule has 0 saturated carbocycles. The SMILES string of the molecule is CCN(CC)c1ccc(C=NNC(=O)CCC(=O)Nc2cccc(Cl)c2C)cc1. The van der Waals surface area contributed by atoms with E-state index in [4.69, 9.17) is 11.6 Å². The highest BCUT2D eigenvalue weighted by Gasteiger charge is 2.09. The number of rotatable bonds is 9. The molecule has 2 aromatic rings. The monoisotopic (exact) mass is 414 g/mol. The summed E-state index contributed by atoms with van der Waals surface area (Å²) >= 11 is 6.04. The van der Waals surface area contributed by atoms with Crippen LogP contribution in [0.3, 0.4) is 0 Å². The van der Waals surface area contributed by atoms with Crippen LogP contribution in [0.2, 0.25) is 5.02 Å². The average Bonchev–Trinajstić information content (AvgIpc) is 2.72. The van der Waals surface area contributed by atoms with E-state index in [0.717, 1.165) is 29.9 Å². The van der Waals surface area contributed by atoms with Gasteiger partial charge in [-0.05, 0) is 56.2 Å². The molecule has 2 N–H and O–H groups in total. The summed E-state index contributed by atoms with van der Waals surface area (Å²) in [6.07, 6.45) is 1.69. The molecule has 7 heteroatoms. The lowest BCUT2D eigenvalue weighted by atomic mass is 10.2. The molecular formula is C22H27ClN4O2. The van der Waals surface area contributed by atoms with Gasteiger partial charge in [0, 0.05) is 42.3 Å². The van der Waals surface area contributed by atoms with Gasteiger partial charge in [-0.1, -0.05) is 29.8 Å². The minimum absolute atomic E-state index is 0.0453. The summed E-state index contributed by atoms with van der Waals surface area (Å²) < 4.78 is 0. The van der Waals surface area contributed by atoms with Crippen LogP contribution in [0, 0.1) is 6.92 Å². The van der Waals surface area contributed by atoms with Crippen LogP contribution in [0.5, 0.6) is 0 Å². The van der Waals surface area contributed by atoms with Crippen molar-refractivity contribution in [3.8, 4) is 0 Å². The van der Waals surface area contributed by atoms with E-state index in [2.05, 4.69) is 34.6 Å². The number of benzene rings is 2. The Kier molecular flexibility index (Phi) is 8.68. The molecule has 0 atom stereocenters. The third-order valence-electron chi connectivity index (χ3n) is 4.55. The van der Waals surface area contributed by atoms with Gasteiger partial charge in [0.25, 0.3) is 0 Å². The molecular weight excluding hydrogens is 388 g/mol. The maximum Gasteiger partial charge on any atom is 0.240 e. The number of hydrogen-bond acceptors (Lipinski definition) is 4. The molecule has 0 fully saturated rings. The molecule has 6 nitrogen and oxygen atoms in total. The van der Waals surface area contributed by atoms with E-state index >= 15 is 0 Å². The molecule has 0 aliphatic carbocycles. The summed E-state index contributed by atoms with van der Waals surface area (Å²) in [7, 11) is 0. The van der Waals surface area contributed by atoms with Gasteiger partial charge in [0.05, 0.1) is 6.21 Å². The van der Waals surface area contributed by atoms with Gasteiger partial charge in [0.1, 0.15) is 0 Å². The van der Waals surface area contributed by atoms with Crippen LogP contribution < -0.4 is 15.6 Å². The summed E-state index contributed by atoms with van der Waals surface area (Å²) in [6, 6.07) is 13.2. The second-order valence-corrected chi connectivity index (χ2v) is 6.92. The number of hydrogen-bond donors (Lipinski definition) is 2. The fourth-order valence-electron chi connectivity index (χ4n) is 2.78. The van der Waals surface area contributed by atoms with Crippen LogP contribution >= 0.6 is 11.6 Å². The van der Waals surface area contributed by atoms with Gasteiger partial charge >= 0.3 is 0 Å². The maximum absolute atomic E-state index is 12.0. The number of hydrazone groups is 1. The lowest BCUT2D eigenvalue weighted by Gasteiger charge is -2.20. The number of halogens is 1. The third kappa shape index (κ3) is 6.91. The topological polar surface area (TPSA) is 73.8 Å². The van der Waals surface area contributed by atoms with Gasteiger partial charge in [-0.25, -0.2) is 5.43 Å². The Labute approximate surface area is 176 Å². The highest BCUT2D eigenvalue weighted by molar-refractivity contribution is 6.31. The molecule has 0 aliphatic rings. The Bertz CT molecular complexity index is 862. The highest BCUT2D eigenvalue weighted by Crippen LogP contribution is 2.23. The van der Waals surface area contributed by atoms with E-state index in [1.807, 2.05) is 31.2 Å². The third-order valence-corrected chi connectivity index (χ3v) is 4.95. The molecule has 0 saturated heterocycles. The average molecular weight is 415 g/mol. The zero-order chi connectivity index (χ0) is 21.2. The molecule has 2 aromatic carbocycles. The van der Waals surface area contributed by atoms with Crippen LogP contribution in [0.4, 0.5) is 11.4 Å². The fraction of sp³-hybridized carbons (Fsp3) is 0.318. The van der Waals surface area contributed by atoms with Crippen molar-refractivity contribution in [3.63, 3.8) is 0 Å². The lowest BCUT2D eigenvalue weighted by Crippen LogP contribution is -2.21. The van der Waals surface area contributed by atoms with Crippen LogP contribution in [0.15, 0.2) is 47.6 Å². The van der Waals surface area contributed by atoms with Crippen molar-refractivity contribution in [2.45, 2.75) is 33.6 Å². The second kappa shape index (κ2) is 11.2. The van der Waals surface area contributed by atoms with Gasteiger partial charge in [0.2, 0.25) is 11.8 Å². The standard InChI is InChI=1S/C22H27ClN4O2/c1-4-27(5-2)18-11-9-17(10-12-18)15-24-26-22(29)14-13-21(28)25-20-8-6-7-19(23)16(20)3/h6-12,15H,4-5,13-14H2,1-3H3,(H,25,28)(H,26,29). The van der Waals surface area contributed by atoms with Gasteiger partial charge in [-0.2, -0.15) is 5.10 Å². The zero-order valence-corrected chi connectivity index (χ0v) is 17.8. The number of amides is 2. The Morgan fingerprint density at radius 2 is 1.69 bits per heavy atom. The van der Waals surface area contributed by atoms with E-state index in [1.165, 1.54) is 0 Å². The molecule has 0 bridgehead atoms. The summed E-state index contributed by atoms with van der Waals surface area (Å²) in [5, 5.41) is 7.31. The number of nitrogens with one attached hydrogen (secondary N) is 2. The minimum atomic E-state index is -0.320. The minimum Gasteiger partial charge on any atom is -0.372 e. The molecule has 154 valence electrons. The van der Waals surface area contributed by atoms with Crippen LogP contribution in [0.25, 0.3) is 0 Å². The molecule has 29 heavy (non-hydrogen) atoms. The van der Waals surface area contributed by atoms with Crippen LogP contribution in [-0.4, -0.2) is 31.1 Å². The summed E-state index contributed by atoms with van der Waals surface area (Å²) in [5.41, 5.74) is 5.93. The van der Waals surface area contributed by atoms with Crippen molar-refractivity contribution in [2.24, 2.45) is 5.10 Å². The van der Waals surface area contributed by atoms with E-state index in [-0.39, 0.29) is 24.7 Å². The highest BCUT2D eigenvalue weighted by atomic mass is 35.5. The normalized spacial score (nSPS) is 10.8. The lowest BCUT2D eigenvalue weighted by molar-refractivity contribution is -0.124. The van der Waals surface area contributed by atoms with E-state index in [0.29, 0.717) is 10.7 Å². The summed E-state index contributed by atoms with van der Waals surface area (Å²) in [5.74, 6) is -0.569. The molecule has 0 heterocycles. The molecule has 2 rings (SSSR count). The van der Waals surface area contributed by atoms with Gasteiger partial charge in [0.15, 0.2) is 0 Å². The molecule has 0 spiro atoms. The fourth-order valence-corrected chi connectivity index (χ4v) is 2.95. The molecule has 0 radical (unpaired) electrons. The predicted molar refractivity (Wildman–Crippen MR) is 120 cm³/mol. The summed E-state index contributed by atoms with van der Waals surface area (Å²) in [6.45, 7) is 7.96. The van der Waals surface area contributed by atoms with Crippen molar-refractivity contribution in [1.29, 1.82) is 0 Å². The van der Waals surface area contributed by atoms with Crippen molar-refractivity contribution in [2.75, 3.05) is 23.3 Å². The Morgan fingerprint density at radius 3 is 2.34 bits per heavy atom. The van der Waals surface area contributed by atoms with Crippen LogP contribution in [0.1, 0.15) is 37.8 Å². The Hall–Kier alpha value is -2.86. The van der Waals surface area contributed by atoms with Crippen molar-refractivity contribution in [3.05, 3.63) is 58.6 Å². The summed E-state index contributed by atoms with van der Waals surface area (Å²) in [4.78, 5) is 26.2. The van der Waals surface area contributed by atoms with E-state index in [9.17, 15) is 9.59 Å². The molecule has 0 aromatic heterocycles. The zero-order valence-electron chi connectivity index (χ0n) is 17.0. The first-order valence-corrected chi connectivity index (χ1v) is 10.0. The largest absolute Gasteiger partial charge is 0.372 e. The van der Waals surface area contributed by atoms with Gasteiger partial charge < -0.3 is 10.2 Å². The number of carbonyl (C=O) groups is 2. The van der Waals surface area contributed by atoms with E-state index < -0.39 is 0 Å². The second-order valence-electron chi connectivity index (χ2n) is 6.52. The first kappa shape index (κ1) is 22.4. The maximum atomic E-state index is 12.0. The molecule has 0 aliphatic heterocycles. The number of anilines is 2. The smallest absolute Gasteiger partial charge is 0.240 e. The first-order valence-electron chi connectivity index (χ1n) is 9.66.